The van der Waals surface area contributed by atoms with E-state index in [-0.39, 0.29) is 18.0 Å². The van der Waals surface area contributed by atoms with E-state index < -0.39 is 28.7 Å². The van der Waals surface area contributed by atoms with Crippen molar-refractivity contribution < 1.29 is 32.4 Å². The Bertz CT molecular complexity index is 1120. The Balaban J connectivity index is 1.58. The van der Waals surface area contributed by atoms with Gasteiger partial charge in [0.25, 0.3) is 5.69 Å². The van der Waals surface area contributed by atoms with Gasteiger partial charge in [-0.05, 0) is 49.0 Å². The Kier molecular flexibility index (Phi) is 8.43. The van der Waals surface area contributed by atoms with Crippen molar-refractivity contribution in [1.29, 1.82) is 0 Å². The molecule has 3 aromatic carbocycles. The zero-order valence-corrected chi connectivity index (χ0v) is 18.8. The van der Waals surface area contributed by atoms with Gasteiger partial charge in [-0.1, -0.05) is 30.3 Å². The van der Waals surface area contributed by atoms with Crippen molar-refractivity contribution in [3.8, 4) is 11.5 Å². The number of hydrogen-bond acceptors (Lipinski definition) is 6. The maximum absolute atomic E-state index is 12.8. The van der Waals surface area contributed by atoms with E-state index in [1.807, 2.05) is 30.3 Å². The molecule has 7 nitrogen and oxygen atoms in total. The average molecular weight is 488 g/mol. The summed E-state index contributed by atoms with van der Waals surface area (Å²) in [6.45, 7) is 0.383. The van der Waals surface area contributed by atoms with Crippen LogP contribution in [0.2, 0.25) is 0 Å². The molecule has 0 bridgehead atoms. The number of carbonyl (C=O) groups excluding carboxylic acids is 1. The van der Waals surface area contributed by atoms with Crippen LogP contribution in [0.5, 0.6) is 11.5 Å². The molecule has 0 radical (unpaired) electrons. The monoisotopic (exact) mass is 488 g/mol. The number of nitro groups is 1. The zero-order valence-electron chi connectivity index (χ0n) is 18.8. The van der Waals surface area contributed by atoms with Crippen LogP contribution in [0.25, 0.3) is 0 Å². The van der Waals surface area contributed by atoms with Crippen LogP contribution in [0.1, 0.15) is 23.7 Å². The van der Waals surface area contributed by atoms with Crippen molar-refractivity contribution in [1.82, 2.24) is 4.90 Å². The average Bonchev–Trinajstić information content (AvgIpc) is 2.82. The van der Waals surface area contributed by atoms with Crippen molar-refractivity contribution in [2.24, 2.45) is 0 Å². The Morgan fingerprint density at radius 3 is 2.14 bits per heavy atom. The minimum atomic E-state index is -4.43. The molecule has 184 valence electrons. The van der Waals surface area contributed by atoms with Crippen molar-refractivity contribution >= 4 is 11.7 Å². The van der Waals surface area contributed by atoms with Gasteiger partial charge in [0.15, 0.2) is 0 Å². The van der Waals surface area contributed by atoms with Gasteiger partial charge in [0.05, 0.1) is 17.0 Å². The van der Waals surface area contributed by atoms with E-state index in [4.69, 9.17) is 9.47 Å². The third-order valence-electron chi connectivity index (χ3n) is 5.08. The van der Waals surface area contributed by atoms with Gasteiger partial charge in [0.2, 0.25) is 0 Å². The molecule has 0 saturated carbocycles. The fraction of sp³-hybridized carbons (Fsp3) is 0.240. The second-order valence-electron chi connectivity index (χ2n) is 7.79. The summed E-state index contributed by atoms with van der Waals surface area (Å²) >= 11 is 0. The minimum Gasteiger partial charge on any atom is -0.486 e. The number of non-ortho nitro benzene ring substituents is 1. The molecule has 3 aromatic rings. The van der Waals surface area contributed by atoms with Crippen LogP contribution < -0.4 is 9.47 Å². The Hall–Kier alpha value is -3.92. The first-order chi connectivity index (χ1) is 16.6. The van der Waals surface area contributed by atoms with E-state index in [9.17, 15) is 28.1 Å². The van der Waals surface area contributed by atoms with Gasteiger partial charge in [0, 0.05) is 25.1 Å². The fourth-order valence-electron chi connectivity index (χ4n) is 3.28. The largest absolute Gasteiger partial charge is 0.486 e. The normalized spacial score (nSPS) is 12.3. The predicted molar refractivity (Wildman–Crippen MR) is 122 cm³/mol. The number of nitrogens with zero attached hydrogens (tertiary/aromatic N) is 2. The molecule has 3 rings (SSSR count). The molecule has 35 heavy (non-hydrogen) atoms. The second kappa shape index (κ2) is 11.5. The van der Waals surface area contributed by atoms with E-state index in [1.54, 1.807) is 11.9 Å². The molecule has 0 amide bonds. The number of hydrogen-bond donors (Lipinski definition) is 0. The van der Waals surface area contributed by atoms with Crippen LogP contribution in [0.15, 0.2) is 78.9 Å². The van der Waals surface area contributed by atoms with Gasteiger partial charge >= 0.3 is 12.1 Å². The highest BCUT2D eigenvalue weighted by atomic mass is 19.4. The summed E-state index contributed by atoms with van der Waals surface area (Å²) in [5.41, 5.74) is -0.0245. The lowest BCUT2D eigenvalue weighted by Crippen LogP contribution is -2.31. The van der Waals surface area contributed by atoms with Crippen LogP contribution in [0.3, 0.4) is 0 Å². The number of ether oxygens (including phenoxy) is 2. The van der Waals surface area contributed by atoms with Gasteiger partial charge in [-0.3, -0.25) is 19.8 Å². The zero-order chi connectivity index (χ0) is 25.4. The lowest BCUT2D eigenvalue weighted by atomic mass is 10.1. The number of carbonyl (C=O) groups is 1. The first-order valence-corrected chi connectivity index (χ1v) is 10.6. The summed E-state index contributed by atoms with van der Waals surface area (Å²) in [7, 11) is 1.72. The summed E-state index contributed by atoms with van der Waals surface area (Å²) in [5, 5.41) is 10.7. The van der Waals surface area contributed by atoms with Gasteiger partial charge in [-0.15, -0.1) is 0 Å². The topological polar surface area (TPSA) is 81.9 Å². The van der Waals surface area contributed by atoms with E-state index in [2.05, 4.69) is 0 Å². The second-order valence-corrected chi connectivity index (χ2v) is 7.79. The molecule has 0 aliphatic heterocycles. The summed E-state index contributed by atoms with van der Waals surface area (Å²) in [4.78, 5) is 24.1. The van der Waals surface area contributed by atoms with Crippen molar-refractivity contribution in [3.05, 3.63) is 100 Å². The highest BCUT2D eigenvalue weighted by Gasteiger charge is 2.30. The maximum Gasteiger partial charge on any atom is 0.416 e. The first-order valence-electron chi connectivity index (χ1n) is 10.6. The molecule has 10 heteroatoms. The fourth-order valence-corrected chi connectivity index (χ4v) is 3.28. The molecule has 0 fully saturated rings. The molecule has 0 spiro atoms. The third kappa shape index (κ3) is 7.82. The Morgan fingerprint density at radius 2 is 1.57 bits per heavy atom. The lowest BCUT2D eigenvalue weighted by Gasteiger charge is -2.23. The summed E-state index contributed by atoms with van der Waals surface area (Å²) in [6.07, 6.45) is -4.43. The van der Waals surface area contributed by atoms with Crippen molar-refractivity contribution in [2.45, 2.75) is 18.7 Å². The number of likely N-dealkylation sites (N-methyl/N-ethyl adjacent to an activating group) is 1. The van der Waals surface area contributed by atoms with Crippen LogP contribution in [-0.4, -0.2) is 35.9 Å². The highest BCUT2D eigenvalue weighted by molar-refractivity contribution is 5.74. The van der Waals surface area contributed by atoms with E-state index >= 15 is 0 Å². The number of esters is 1. The van der Waals surface area contributed by atoms with E-state index in [0.717, 1.165) is 17.7 Å². The van der Waals surface area contributed by atoms with Crippen LogP contribution >= 0.6 is 0 Å². The highest BCUT2D eigenvalue weighted by Crippen LogP contribution is 2.32. The number of nitro benzene ring substituents is 1. The van der Waals surface area contributed by atoms with Crippen LogP contribution in [0, 0.1) is 10.1 Å². The molecule has 0 heterocycles. The molecular formula is C25H23F3N2O5. The maximum atomic E-state index is 12.8. The number of alkyl halides is 3. The third-order valence-corrected chi connectivity index (χ3v) is 5.08. The quantitative estimate of drug-likeness (QED) is 0.159. The standard InChI is InChI=1S/C25H23F3N2O5/c1-29(17-24(31)35-22-13-9-20(10-14-22)30(32)33)16-15-23(18-5-3-2-4-6-18)34-21-11-7-19(8-12-21)25(26,27)28/h2-14,23H,15-17H2,1H3. The van der Waals surface area contributed by atoms with Gasteiger partial charge in [-0.2, -0.15) is 13.2 Å². The van der Waals surface area contributed by atoms with Crippen molar-refractivity contribution in [3.63, 3.8) is 0 Å². The molecule has 1 atom stereocenters. The van der Waals surface area contributed by atoms with Gasteiger partial charge in [-0.25, -0.2) is 0 Å². The molecule has 1 unspecified atom stereocenters. The Morgan fingerprint density at radius 1 is 0.971 bits per heavy atom. The molecule has 0 saturated heterocycles. The van der Waals surface area contributed by atoms with Gasteiger partial charge < -0.3 is 9.47 Å². The number of rotatable bonds is 10. The number of halogens is 3. The summed E-state index contributed by atoms with van der Waals surface area (Å²) < 4.78 is 49.7. The molecular weight excluding hydrogens is 465 g/mol. The first kappa shape index (κ1) is 25.7. The van der Waals surface area contributed by atoms with Crippen molar-refractivity contribution in [2.75, 3.05) is 20.1 Å². The minimum absolute atomic E-state index is 0.0429. The predicted octanol–water partition coefficient (Wildman–Crippen LogP) is 5.66. The lowest BCUT2D eigenvalue weighted by molar-refractivity contribution is -0.384. The SMILES string of the molecule is CN(CCC(Oc1ccc(C(F)(F)F)cc1)c1ccccc1)CC(=O)Oc1ccc([N+](=O)[O-])cc1. The van der Waals surface area contributed by atoms with Crippen LogP contribution in [0.4, 0.5) is 18.9 Å². The molecule has 0 aromatic heterocycles. The van der Waals surface area contributed by atoms with E-state index in [0.29, 0.717) is 18.7 Å². The smallest absolute Gasteiger partial charge is 0.416 e. The van der Waals surface area contributed by atoms with Gasteiger partial charge in [0.1, 0.15) is 17.6 Å². The van der Waals surface area contributed by atoms with Crippen LogP contribution in [-0.2, 0) is 11.0 Å². The summed E-state index contributed by atoms with van der Waals surface area (Å²) in [5.74, 6) is -0.0461. The molecule has 0 N–H and O–H groups in total. The van der Waals surface area contributed by atoms with E-state index in [1.165, 1.54) is 36.4 Å². The molecule has 0 aliphatic carbocycles. The molecule has 0 aliphatic rings. The Labute approximate surface area is 199 Å². The number of benzene rings is 3. The summed E-state index contributed by atoms with van der Waals surface area (Å²) in [6, 6.07) is 18.9.